The molecule has 0 spiro atoms. The van der Waals surface area contributed by atoms with Gasteiger partial charge in [-0.1, -0.05) is 0 Å². The van der Waals surface area contributed by atoms with Crippen LogP contribution in [0.25, 0.3) is 0 Å². The largest absolute Gasteiger partial charge is 0.444 e. The number of rotatable bonds is 3. The molecule has 106 valence electrons. The lowest BCUT2D eigenvalue weighted by atomic mass is 10.2. The van der Waals surface area contributed by atoms with Gasteiger partial charge in [-0.2, -0.15) is 0 Å². The molecular formula is C13H25NO4. The Balaban J connectivity index is 2.61. The van der Waals surface area contributed by atoms with E-state index in [1.54, 1.807) is 4.90 Å². The second-order valence-corrected chi connectivity index (χ2v) is 6.01. The second kappa shape index (κ2) is 5.89. The molecule has 1 saturated heterocycles. The lowest BCUT2D eigenvalue weighted by Gasteiger charge is -2.27. The third-order valence-electron chi connectivity index (χ3n) is 2.68. The first-order valence-corrected chi connectivity index (χ1v) is 6.49. The highest BCUT2D eigenvalue weighted by Crippen LogP contribution is 2.23. The zero-order valence-corrected chi connectivity index (χ0v) is 12.0. The molecule has 1 unspecified atom stereocenters. The minimum atomic E-state index is -0.520. The molecule has 5 heteroatoms. The van der Waals surface area contributed by atoms with Crippen molar-refractivity contribution in [1.82, 2.24) is 4.90 Å². The van der Waals surface area contributed by atoms with E-state index < -0.39 is 5.60 Å². The molecule has 0 aromatic rings. The van der Waals surface area contributed by atoms with Gasteiger partial charge in [0.15, 0.2) is 0 Å². The SMILES string of the molecule is CC(C)O[C@@H]1CC(CO)N(C(=O)OC(C)(C)C)C1. The minimum Gasteiger partial charge on any atom is -0.444 e. The average molecular weight is 259 g/mol. The van der Waals surface area contributed by atoms with E-state index in [9.17, 15) is 9.90 Å². The van der Waals surface area contributed by atoms with Gasteiger partial charge in [-0.15, -0.1) is 0 Å². The molecule has 1 N–H and O–H groups in total. The van der Waals surface area contributed by atoms with E-state index >= 15 is 0 Å². The normalized spacial score (nSPS) is 24.7. The molecule has 0 aromatic carbocycles. The summed E-state index contributed by atoms with van der Waals surface area (Å²) in [5, 5.41) is 9.33. The van der Waals surface area contributed by atoms with Gasteiger partial charge in [0.1, 0.15) is 5.60 Å². The van der Waals surface area contributed by atoms with Crippen molar-refractivity contribution in [3.8, 4) is 0 Å². The van der Waals surface area contributed by atoms with Gasteiger partial charge in [0.25, 0.3) is 0 Å². The van der Waals surface area contributed by atoms with Crippen molar-refractivity contribution in [2.45, 2.75) is 64.9 Å². The van der Waals surface area contributed by atoms with Crippen LogP contribution in [0.15, 0.2) is 0 Å². The number of hydrogen-bond donors (Lipinski definition) is 1. The number of carbonyl (C=O) groups is 1. The van der Waals surface area contributed by atoms with Gasteiger partial charge in [-0.25, -0.2) is 4.79 Å². The van der Waals surface area contributed by atoms with Crippen LogP contribution in [0, 0.1) is 0 Å². The molecule has 2 atom stereocenters. The quantitative estimate of drug-likeness (QED) is 0.839. The topological polar surface area (TPSA) is 59.0 Å². The van der Waals surface area contributed by atoms with Crippen molar-refractivity contribution in [3.05, 3.63) is 0 Å². The Morgan fingerprint density at radius 1 is 1.44 bits per heavy atom. The molecule has 18 heavy (non-hydrogen) atoms. The number of aliphatic hydroxyl groups is 1. The number of hydrogen-bond acceptors (Lipinski definition) is 4. The molecular weight excluding hydrogens is 234 g/mol. The van der Waals surface area contributed by atoms with Crippen LogP contribution in [-0.4, -0.2) is 53.1 Å². The summed E-state index contributed by atoms with van der Waals surface area (Å²) in [6, 6.07) is -0.205. The lowest BCUT2D eigenvalue weighted by Crippen LogP contribution is -2.41. The van der Waals surface area contributed by atoms with E-state index in [0.717, 1.165) is 0 Å². The summed E-state index contributed by atoms with van der Waals surface area (Å²) in [6.07, 6.45) is 0.382. The molecule has 0 aliphatic carbocycles. The van der Waals surface area contributed by atoms with E-state index in [-0.39, 0.29) is 30.9 Å². The molecule has 1 aliphatic heterocycles. The Hall–Kier alpha value is -0.810. The Morgan fingerprint density at radius 2 is 2.06 bits per heavy atom. The van der Waals surface area contributed by atoms with E-state index in [4.69, 9.17) is 9.47 Å². The predicted octanol–water partition coefficient (Wildman–Crippen LogP) is 1.78. The fraction of sp³-hybridized carbons (Fsp3) is 0.923. The Bertz CT molecular complexity index is 285. The third-order valence-corrected chi connectivity index (χ3v) is 2.68. The van der Waals surface area contributed by atoms with Crippen LogP contribution in [0.5, 0.6) is 0 Å². The van der Waals surface area contributed by atoms with Crippen LogP contribution >= 0.6 is 0 Å². The summed E-state index contributed by atoms with van der Waals surface area (Å²) in [6.45, 7) is 9.84. The van der Waals surface area contributed by atoms with Crippen LogP contribution in [-0.2, 0) is 9.47 Å². The highest BCUT2D eigenvalue weighted by molar-refractivity contribution is 5.69. The first-order valence-electron chi connectivity index (χ1n) is 6.49. The van der Waals surface area contributed by atoms with E-state index in [1.807, 2.05) is 34.6 Å². The maximum atomic E-state index is 12.0. The summed E-state index contributed by atoms with van der Waals surface area (Å²) in [7, 11) is 0. The van der Waals surface area contributed by atoms with Crippen LogP contribution in [0.3, 0.4) is 0 Å². The van der Waals surface area contributed by atoms with Crippen LogP contribution in [0.1, 0.15) is 41.0 Å². The third kappa shape index (κ3) is 4.46. The van der Waals surface area contributed by atoms with Gasteiger partial charge in [0, 0.05) is 0 Å². The molecule has 1 aliphatic rings. The minimum absolute atomic E-state index is 0.0188. The molecule has 0 aromatic heterocycles. The van der Waals surface area contributed by atoms with Gasteiger partial charge in [-0.3, -0.25) is 0 Å². The van der Waals surface area contributed by atoms with Crippen molar-refractivity contribution < 1.29 is 19.4 Å². The Morgan fingerprint density at radius 3 is 2.50 bits per heavy atom. The molecule has 1 heterocycles. The molecule has 1 fully saturated rings. The van der Waals surface area contributed by atoms with Crippen LogP contribution in [0.2, 0.25) is 0 Å². The number of carbonyl (C=O) groups excluding carboxylic acids is 1. The van der Waals surface area contributed by atoms with Crippen molar-refractivity contribution >= 4 is 6.09 Å². The van der Waals surface area contributed by atoms with Gasteiger partial charge in [-0.05, 0) is 41.0 Å². The number of aliphatic hydroxyl groups excluding tert-OH is 1. The number of likely N-dealkylation sites (tertiary alicyclic amines) is 1. The van der Waals surface area contributed by atoms with E-state index in [1.165, 1.54) is 0 Å². The van der Waals surface area contributed by atoms with Crippen molar-refractivity contribution in [3.63, 3.8) is 0 Å². The fourth-order valence-electron chi connectivity index (χ4n) is 2.07. The average Bonchev–Trinajstić information content (AvgIpc) is 2.57. The fourth-order valence-corrected chi connectivity index (χ4v) is 2.07. The number of nitrogens with zero attached hydrogens (tertiary/aromatic N) is 1. The van der Waals surface area contributed by atoms with Crippen molar-refractivity contribution in [2.24, 2.45) is 0 Å². The zero-order valence-electron chi connectivity index (χ0n) is 12.0. The monoisotopic (exact) mass is 259 g/mol. The summed E-state index contributed by atoms with van der Waals surface area (Å²) >= 11 is 0. The lowest BCUT2D eigenvalue weighted by molar-refractivity contribution is 0.00267. The second-order valence-electron chi connectivity index (χ2n) is 6.01. The van der Waals surface area contributed by atoms with E-state index in [0.29, 0.717) is 13.0 Å². The van der Waals surface area contributed by atoms with Gasteiger partial charge in [0.05, 0.1) is 31.4 Å². The summed E-state index contributed by atoms with van der Waals surface area (Å²) < 4.78 is 11.0. The summed E-state index contributed by atoms with van der Waals surface area (Å²) in [4.78, 5) is 13.6. The van der Waals surface area contributed by atoms with Gasteiger partial charge < -0.3 is 19.5 Å². The highest BCUT2D eigenvalue weighted by atomic mass is 16.6. The first kappa shape index (κ1) is 15.2. The molecule has 0 bridgehead atoms. The summed E-state index contributed by atoms with van der Waals surface area (Å²) in [5.74, 6) is 0. The maximum Gasteiger partial charge on any atom is 0.410 e. The maximum absolute atomic E-state index is 12.0. The van der Waals surface area contributed by atoms with Crippen LogP contribution < -0.4 is 0 Å². The first-order chi connectivity index (χ1) is 8.23. The smallest absolute Gasteiger partial charge is 0.410 e. The van der Waals surface area contributed by atoms with Crippen molar-refractivity contribution in [2.75, 3.05) is 13.2 Å². The Kier molecular flexibility index (Phi) is 4.99. The molecule has 5 nitrogen and oxygen atoms in total. The van der Waals surface area contributed by atoms with Gasteiger partial charge in [0.2, 0.25) is 0 Å². The zero-order chi connectivity index (χ0) is 13.9. The standard InChI is InChI=1S/C13H25NO4/c1-9(2)17-11-6-10(8-15)14(7-11)12(16)18-13(3,4)5/h9-11,15H,6-8H2,1-5H3/t10?,11-/m1/s1. The molecule has 1 amide bonds. The molecule has 0 saturated carbocycles. The molecule has 1 rings (SSSR count). The van der Waals surface area contributed by atoms with E-state index in [2.05, 4.69) is 0 Å². The number of amides is 1. The van der Waals surface area contributed by atoms with Gasteiger partial charge >= 0.3 is 6.09 Å². The van der Waals surface area contributed by atoms with Crippen molar-refractivity contribution in [1.29, 1.82) is 0 Å². The summed E-state index contributed by atoms with van der Waals surface area (Å²) in [5.41, 5.74) is -0.520. The number of ether oxygens (including phenoxy) is 2. The predicted molar refractivity (Wildman–Crippen MR) is 68.4 cm³/mol. The highest BCUT2D eigenvalue weighted by Gasteiger charge is 2.37. The Labute approximate surface area is 109 Å². The van der Waals surface area contributed by atoms with Crippen LogP contribution in [0.4, 0.5) is 4.79 Å². The molecule has 0 radical (unpaired) electrons.